The standard InChI is InChI=1S/C14H17BrClN3O/c1-8-10(14(16)19(2)18-8)7-13(17)11-6-9(20-3)4-5-12(11)15/h4-6,13H,7,17H2,1-3H3. The fraction of sp³-hybridized carbons (Fsp3) is 0.357. The Labute approximate surface area is 132 Å². The predicted octanol–water partition coefficient (Wildman–Crippen LogP) is 3.40. The summed E-state index contributed by atoms with van der Waals surface area (Å²) < 4.78 is 7.87. The number of rotatable bonds is 4. The van der Waals surface area contributed by atoms with Gasteiger partial charge in [0.1, 0.15) is 10.9 Å². The topological polar surface area (TPSA) is 53.1 Å². The molecule has 0 aliphatic carbocycles. The minimum absolute atomic E-state index is 0.181. The predicted molar refractivity (Wildman–Crippen MR) is 84.3 cm³/mol. The molecule has 1 aromatic carbocycles. The molecule has 0 aliphatic rings. The van der Waals surface area contributed by atoms with Crippen molar-refractivity contribution in [2.45, 2.75) is 19.4 Å². The van der Waals surface area contributed by atoms with E-state index in [1.807, 2.05) is 32.2 Å². The highest BCUT2D eigenvalue weighted by Crippen LogP contribution is 2.30. The molecule has 2 N–H and O–H groups in total. The van der Waals surface area contributed by atoms with Crippen LogP contribution in [0.5, 0.6) is 5.75 Å². The zero-order chi connectivity index (χ0) is 14.9. The normalized spacial score (nSPS) is 12.5. The van der Waals surface area contributed by atoms with Crippen LogP contribution in [0, 0.1) is 6.92 Å². The molecule has 6 heteroatoms. The summed E-state index contributed by atoms with van der Waals surface area (Å²) in [6, 6.07) is 5.59. The third-order valence-electron chi connectivity index (χ3n) is 3.30. The molecule has 2 aromatic rings. The second-order valence-electron chi connectivity index (χ2n) is 4.68. The van der Waals surface area contributed by atoms with Crippen LogP contribution in [0.3, 0.4) is 0 Å². The van der Waals surface area contributed by atoms with E-state index >= 15 is 0 Å². The van der Waals surface area contributed by atoms with E-state index in [4.69, 9.17) is 22.1 Å². The molecule has 108 valence electrons. The molecule has 0 spiro atoms. The van der Waals surface area contributed by atoms with Crippen LogP contribution in [0.25, 0.3) is 0 Å². The number of ether oxygens (including phenoxy) is 1. The number of halogens is 2. The molecule has 0 fully saturated rings. The van der Waals surface area contributed by atoms with E-state index in [2.05, 4.69) is 21.0 Å². The lowest BCUT2D eigenvalue weighted by molar-refractivity contribution is 0.413. The Bertz CT molecular complexity index is 627. The van der Waals surface area contributed by atoms with Crippen LogP contribution < -0.4 is 10.5 Å². The van der Waals surface area contributed by atoms with Gasteiger partial charge in [0.05, 0.1) is 12.8 Å². The van der Waals surface area contributed by atoms with E-state index in [0.717, 1.165) is 27.0 Å². The van der Waals surface area contributed by atoms with Gasteiger partial charge in [0.2, 0.25) is 0 Å². The van der Waals surface area contributed by atoms with Gasteiger partial charge in [-0.3, -0.25) is 4.68 Å². The van der Waals surface area contributed by atoms with Crippen molar-refractivity contribution >= 4 is 27.5 Å². The highest BCUT2D eigenvalue weighted by molar-refractivity contribution is 9.10. The SMILES string of the molecule is COc1ccc(Br)c(C(N)Cc2c(C)nn(C)c2Cl)c1. The summed E-state index contributed by atoms with van der Waals surface area (Å²) in [4.78, 5) is 0. The molecule has 1 atom stereocenters. The zero-order valence-electron chi connectivity index (χ0n) is 11.7. The summed E-state index contributed by atoms with van der Waals surface area (Å²) in [5.41, 5.74) is 9.20. The van der Waals surface area contributed by atoms with Gasteiger partial charge in [-0.2, -0.15) is 5.10 Å². The monoisotopic (exact) mass is 357 g/mol. The first kappa shape index (κ1) is 15.4. The molecular weight excluding hydrogens is 342 g/mol. The number of aromatic nitrogens is 2. The Balaban J connectivity index is 2.30. The number of benzene rings is 1. The van der Waals surface area contributed by atoms with Gasteiger partial charge in [-0.15, -0.1) is 0 Å². The maximum absolute atomic E-state index is 6.32. The van der Waals surface area contributed by atoms with E-state index in [1.165, 1.54) is 0 Å². The summed E-state index contributed by atoms with van der Waals surface area (Å²) >= 11 is 9.78. The molecule has 0 saturated carbocycles. The number of nitrogens with zero attached hydrogens (tertiary/aromatic N) is 2. The van der Waals surface area contributed by atoms with Gasteiger partial charge in [-0.05, 0) is 37.1 Å². The molecule has 4 nitrogen and oxygen atoms in total. The smallest absolute Gasteiger partial charge is 0.130 e. The molecule has 1 heterocycles. The van der Waals surface area contributed by atoms with Crippen molar-refractivity contribution in [2.75, 3.05) is 7.11 Å². The number of nitrogens with two attached hydrogens (primary N) is 1. The Hall–Kier alpha value is -1.04. The van der Waals surface area contributed by atoms with Crippen LogP contribution >= 0.6 is 27.5 Å². The molecule has 0 bridgehead atoms. The van der Waals surface area contributed by atoms with Gasteiger partial charge in [-0.1, -0.05) is 27.5 Å². The lowest BCUT2D eigenvalue weighted by Gasteiger charge is -2.15. The van der Waals surface area contributed by atoms with Crippen LogP contribution in [0.4, 0.5) is 0 Å². The van der Waals surface area contributed by atoms with E-state index in [-0.39, 0.29) is 6.04 Å². The highest BCUT2D eigenvalue weighted by atomic mass is 79.9. The summed E-state index contributed by atoms with van der Waals surface area (Å²) in [5.74, 6) is 0.785. The quantitative estimate of drug-likeness (QED) is 0.911. The van der Waals surface area contributed by atoms with Crippen LogP contribution in [-0.4, -0.2) is 16.9 Å². The van der Waals surface area contributed by atoms with E-state index in [9.17, 15) is 0 Å². The summed E-state index contributed by atoms with van der Waals surface area (Å²) in [6.45, 7) is 1.94. The van der Waals surface area contributed by atoms with Gasteiger partial charge in [-0.25, -0.2) is 0 Å². The summed E-state index contributed by atoms with van der Waals surface area (Å²) in [5, 5.41) is 4.94. The van der Waals surface area contributed by atoms with E-state index in [1.54, 1.807) is 11.8 Å². The van der Waals surface area contributed by atoms with Crippen LogP contribution in [0.2, 0.25) is 5.15 Å². The Morgan fingerprint density at radius 2 is 2.20 bits per heavy atom. The highest BCUT2D eigenvalue weighted by Gasteiger charge is 2.18. The van der Waals surface area contributed by atoms with Gasteiger partial charge < -0.3 is 10.5 Å². The first-order chi connectivity index (χ1) is 9.43. The minimum atomic E-state index is -0.181. The maximum atomic E-state index is 6.32. The molecule has 0 amide bonds. The average Bonchev–Trinajstić information content (AvgIpc) is 2.66. The fourth-order valence-electron chi connectivity index (χ4n) is 2.17. The largest absolute Gasteiger partial charge is 0.497 e. The third-order valence-corrected chi connectivity index (χ3v) is 4.49. The number of hydrogen-bond donors (Lipinski definition) is 1. The van der Waals surface area contributed by atoms with Crippen LogP contribution in [-0.2, 0) is 13.5 Å². The Morgan fingerprint density at radius 1 is 1.50 bits per heavy atom. The Morgan fingerprint density at radius 3 is 2.75 bits per heavy atom. The number of hydrogen-bond acceptors (Lipinski definition) is 3. The van der Waals surface area contributed by atoms with Crippen molar-refractivity contribution in [3.05, 3.63) is 44.6 Å². The average molecular weight is 359 g/mol. The maximum Gasteiger partial charge on any atom is 0.130 e. The van der Waals surface area contributed by atoms with Gasteiger partial charge in [0.15, 0.2) is 0 Å². The van der Waals surface area contributed by atoms with Crippen LogP contribution in [0.15, 0.2) is 22.7 Å². The first-order valence-corrected chi connectivity index (χ1v) is 7.38. The van der Waals surface area contributed by atoms with Crippen molar-refractivity contribution in [2.24, 2.45) is 12.8 Å². The summed E-state index contributed by atoms with van der Waals surface area (Å²) in [7, 11) is 3.46. The minimum Gasteiger partial charge on any atom is -0.497 e. The van der Waals surface area contributed by atoms with Crippen molar-refractivity contribution in [1.29, 1.82) is 0 Å². The van der Waals surface area contributed by atoms with Crippen molar-refractivity contribution in [3.63, 3.8) is 0 Å². The van der Waals surface area contributed by atoms with Gasteiger partial charge in [0, 0.05) is 23.1 Å². The van der Waals surface area contributed by atoms with E-state index < -0.39 is 0 Å². The van der Waals surface area contributed by atoms with Gasteiger partial charge >= 0.3 is 0 Å². The number of methoxy groups -OCH3 is 1. The molecule has 0 saturated heterocycles. The summed E-state index contributed by atoms with van der Waals surface area (Å²) in [6.07, 6.45) is 0.629. The lowest BCUT2D eigenvalue weighted by Crippen LogP contribution is -2.14. The van der Waals surface area contributed by atoms with Gasteiger partial charge in [0.25, 0.3) is 0 Å². The molecule has 1 unspecified atom stereocenters. The van der Waals surface area contributed by atoms with Crippen molar-refractivity contribution in [1.82, 2.24) is 9.78 Å². The van der Waals surface area contributed by atoms with Crippen molar-refractivity contribution in [3.8, 4) is 5.75 Å². The second kappa shape index (κ2) is 6.16. The third kappa shape index (κ3) is 3.00. The van der Waals surface area contributed by atoms with Crippen molar-refractivity contribution < 1.29 is 4.74 Å². The fourth-order valence-corrected chi connectivity index (χ4v) is 2.96. The van der Waals surface area contributed by atoms with Crippen LogP contribution in [0.1, 0.15) is 22.9 Å². The molecule has 0 radical (unpaired) electrons. The molecule has 20 heavy (non-hydrogen) atoms. The molecule has 0 aliphatic heterocycles. The van der Waals surface area contributed by atoms with E-state index in [0.29, 0.717) is 11.6 Å². The molecule has 2 rings (SSSR count). The number of aryl methyl sites for hydroxylation is 2. The first-order valence-electron chi connectivity index (χ1n) is 6.21. The molecular formula is C14H17BrClN3O. The lowest BCUT2D eigenvalue weighted by atomic mass is 10.00. The second-order valence-corrected chi connectivity index (χ2v) is 5.89. The molecule has 1 aromatic heterocycles. The zero-order valence-corrected chi connectivity index (χ0v) is 14.0. The Kier molecular flexibility index (Phi) is 4.73.